The largest absolute Gasteiger partial charge is 0.314 e. The fourth-order valence-corrected chi connectivity index (χ4v) is 2.51. The summed E-state index contributed by atoms with van der Waals surface area (Å²) in [6.45, 7) is 1.15. The highest BCUT2D eigenvalue weighted by Gasteiger charge is 2.12. The molecule has 0 aliphatic heterocycles. The Hall–Kier alpha value is -0.530. The second kappa shape index (κ2) is 6.27. The van der Waals surface area contributed by atoms with Gasteiger partial charge in [-0.3, -0.25) is 0 Å². The van der Waals surface area contributed by atoms with Crippen LogP contribution in [0.5, 0.6) is 0 Å². The molecular formula is C14H20ClN. The van der Waals surface area contributed by atoms with E-state index < -0.39 is 0 Å². The van der Waals surface area contributed by atoms with Crippen molar-refractivity contribution >= 4 is 11.6 Å². The van der Waals surface area contributed by atoms with E-state index >= 15 is 0 Å². The topological polar surface area (TPSA) is 12.0 Å². The molecule has 0 bridgehead atoms. The second-order valence-corrected chi connectivity index (χ2v) is 5.10. The number of hydrogen-bond donors (Lipinski definition) is 1. The van der Waals surface area contributed by atoms with E-state index in [0.29, 0.717) is 0 Å². The molecule has 1 aromatic carbocycles. The number of aryl methyl sites for hydroxylation is 1. The lowest BCUT2D eigenvalue weighted by molar-refractivity contribution is 0.515. The van der Waals surface area contributed by atoms with Gasteiger partial charge >= 0.3 is 0 Å². The Balaban J connectivity index is 1.62. The van der Waals surface area contributed by atoms with Crippen molar-refractivity contribution in [2.24, 2.45) is 0 Å². The molecule has 1 aliphatic rings. The molecule has 1 nitrogen and oxygen atoms in total. The van der Waals surface area contributed by atoms with Gasteiger partial charge in [0.15, 0.2) is 0 Å². The van der Waals surface area contributed by atoms with Crippen LogP contribution in [-0.4, -0.2) is 12.6 Å². The molecule has 0 atom stereocenters. The lowest BCUT2D eigenvalue weighted by atomic mass is 10.1. The summed E-state index contributed by atoms with van der Waals surface area (Å²) >= 11 is 5.85. The third-order valence-electron chi connectivity index (χ3n) is 3.34. The summed E-state index contributed by atoms with van der Waals surface area (Å²) < 4.78 is 0. The summed E-state index contributed by atoms with van der Waals surface area (Å²) in [6.07, 6.45) is 7.95. The quantitative estimate of drug-likeness (QED) is 0.768. The van der Waals surface area contributed by atoms with Crippen LogP contribution in [0.25, 0.3) is 0 Å². The maximum Gasteiger partial charge on any atom is 0.0406 e. The molecule has 0 radical (unpaired) electrons. The van der Waals surface area contributed by atoms with Crippen LogP contribution < -0.4 is 5.32 Å². The monoisotopic (exact) mass is 237 g/mol. The first-order valence-electron chi connectivity index (χ1n) is 6.32. The van der Waals surface area contributed by atoms with Gasteiger partial charge in [0, 0.05) is 11.1 Å². The SMILES string of the molecule is Clc1ccc(CCCNC2CCCC2)cc1. The highest BCUT2D eigenvalue weighted by atomic mass is 35.5. The van der Waals surface area contributed by atoms with Crippen LogP contribution in [0.4, 0.5) is 0 Å². The fraction of sp³-hybridized carbons (Fsp3) is 0.571. The second-order valence-electron chi connectivity index (χ2n) is 4.67. The lowest BCUT2D eigenvalue weighted by Gasteiger charge is -2.11. The highest BCUT2D eigenvalue weighted by Crippen LogP contribution is 2.17. The molecule has 1 fully saturated rings. The molecule has 0 aromatic heterocycles. The van der Waals surface area contributed by atoms with Crippen molar-refractivity contribution in [1.29, 1.82) is 0 Å². The Morgan fingerprint density at radius 1 is 1.12 bits per heavy atom. The zero-order valence-electron chi connectivity index (χ0n) is 9.71. The smallest absolute Gasteiger partial charge is 0.0406 e. The summed E-state index contributed by atoms with van der Waals surface area (Å²) in [5.74, 6) is 0. The Morgan fingerprint density at radius 2 is 1.81 bits per heavy atom. The minimum Gasteiger partial charge on any atom is -0.314 e. The van der Waals surface area contributed by atoms with Crippen LogP contribution in [0, 0.1) is 0 Å². The van der Waals surface area contributed by atoms with E-state index in [-0.39, 0.29) is 0 Å². The van der Waals surface area contributed by atoms with Crippen molar-refractivity contribution in [3.8, 4) is 0 Å². The molecule has 2 heteroatoms. The first-order valence-corrected chi connectivity index (χ1v) is 6.70. The van der Waals surface area contributed by atoms with Gasteiger partial charge in [-0.1, -0.05) is 36.6 Å². The van der Waals surface area contributed by atoms with Gasteiger partial charge in [0.2, 0.25) is 0 Å². The van der Waals surface area contributed by atoms with Gasteiger partial charge in [-0.05, 0) is 49.9 Å². The molecule has 0 saturated heterocycles. The van der Waals surface area contributed by atoms with E-state index in [1.807, 2.05) is 12.1 Å². The van der Waals surface area contributed by atoms with Crippen molar-refractivity contribution in [1.82, 2.24) is 5.32 Å². The molecule has 0 spiro atoms. The van der Waals surface area contributed by atoms with E-state index in [4.69, 9.17) is 11.6 Å². The van der Waals surface area contributed by atoms with E-state index in [1.165, 1.54) is 37.7 Å². The molecule has 2 rings (SSSR count). The zero-order chi connectivity index (χ0) is 11.2. The normalized spacial score (nSPS) is 16.8. The number of hydrogen-bond acceptors (Lipinski definition) is 1. The average Bonchev–Trinajstić information content (AvgIpc) is 2.80. The van der Waals surface area contributed by atoms with Gasteiger partial charge in [-0.15, -0.1) is 0 Å². The summed E-state index contributed by atoms with van der Waals surface area (Å²) in [5.41, 5.74) is 1.39. The van der Waals surface area contributed by atoms with Crippen LogP contribution in [0.15, 0.2) is 24.3 Å². The minimum atomic E-state index is 0.796. The van der Waals surface area contributed by atoms with Crippen LogP contribution in [-0.2, 0) is 6.42 Å². The van der Waals surface area contributed by atoms with Crippen LogP contribution in [0.3, 0.4) is 0 Å². The third kappa shape index (κ3) is 3.80. The van der Waals surface area contributed by atoms with Crippen LogP contribution in [0.2, 0.25) is 5.02 Å². The van der Waals surface area contributed by atoms with Gasteiger partial charge < -0.3 is 5.32 Å². The zero-order valence-corrected chi connectivity index (χ0v) is 10.5. The average molecular weight is 238 g/mol. The molecule has 1 saturated carbocycles. The predicted octanol–water partition coefficient (Wildman–Crippen LogP) is 3.80. The first-order chi connectivity index (χ1) is 7.84. The van der Waals surface area contributed by atoms with Crippen LogP contribution in [0.1, 0.15) is 37.7 Å². The molecule has 1 N–H and O–H groups in total. The van der Waals surface area contributed by atoms with Gasteiger partial charge in [0.05, 0.1) is 0 Å². The van der Waals surface area contributed by atoms with Crippen molar-refractivity contribution in [2.45, 2.75) is 44.6 Å². The molecule has 16 heavy (non-hydrogen) atoms. The highest BCUT2D eigenvalue weighted by molar-refractivity contribution is 6.30. The van der Waals surface area contributed by atoms with Gasteiger partial charge in [-0.2, -0.15) is 0 Å². The number of rotatable bonds is 5. The van der Waals surface area contributed by atoms with Crippen molar-refractivity contribution < 1.29 is 0 Å². The van der Waals surface area contributed by atoms with Crippen molar-refractivity contribution in [3.63, 3.8) is 0 Å². The first kappa shape index (κ1) is 11.9. The molecule has 1 aromatic rings. The minimum absolute atomic E-state index is 0.796. The summed E-state index contributed by atoms with van der Waals surface area (Å²) in [4.78, 5) is 0. The Morgan fingerprint density at radius 3 is 2.50 bits per heavy atom. The predicted molar refractivity (Wildman–Crippen MR) is 70.0 cm³/mol. The Kier molecular flexibility index (Phi) is 4.68. The van der Waals surface area contributed by atoms with Crippen molar-refractivity contribution in [3.05, 3.63) is 34.9 Å². The molecule has 0 heterocycles. The molecule has 1 aliphatic carbocycles. The summed E-state index contributed by atoms with van der Waals surface area (Å²) in [6, 6.07) is 8.99. The van der Waals surface area contributed by atoms with E-state index in [9.17, 15) is 0 Å². The van der Waals surface area contributed by atoms with Gasteiger partial charge in [-0.25, -0.2) is 0 Å². The number of halogens is 1. The molecule has 0 amide bonds. The standard InChI is InChI=1S/C14H20ClN/c15-13-9-7-12(8-10-13)4-3-11-16-14-5-1-2-6-14/h7-10,14,16H,1-6,11H2. The van der Waals surface area contributed by atoms with E-state index in [0.717, 1.165) is 24.0 Å². The van der Waals surface area contributed by atoms with Gasteiger partial charge in [0.1, 0.15) is 0 Å². The number of nitrogens with one attached hydrogen (secondary N) is 1. The molecule has 0 unspecified atom stereocenters. The lowest BCUT2D eigenvalue weighted by Crippen LogP contribution is -2.27. The molecule has 88 valence electrons. The number of benzene rings is 1. The van der Waals surface area contributed by atoms with Crippen molar-refractivity contribution in [2.75, 3.05) is 6.54 Å². The summed E-state index contributed by atoms with van der Waals surface area (Å²) in [5, 5.41) is 4.46. The molecular weight excluding hydrogens is 218 g/mol. The maximum absolute atomic E-state index is 5.85. The fourth-order valence-electron chi connectivity index (χ4n) is 2.38. The van der Waals surface area contributed by atoms with E-state index in [1.54, 1.807) is 0 Å². The maximum atomic E-state index is 5.85. The van der Waals surface area contributed by atoms with E-state index in [2.05, 4.69) is 17.4 Å². The van der Waals surface area contributed by atoms with Crippen LogP contribution >= 0.6 is 11.6 Å². The summed E-state index contributed by atoms with van der Waals surface area (Å²) in [7, 11) is 0. The van der Waals surface area contributed by atoms with Gasteiger partial charge in [0.25, 0.3) is 0 Å². The Labute approximate surface area is 103 Å². The Bertz CT molecular complexity index is 301. The third-order valence-corrected chi connectivity index (χ3v) is 3.60.